The van der Waals surface area contributed by atoms with E-state index in [1.165, 1.54) is 0 Å². The summed E-state index contributed by atoms with van der Waals surface area (Å²) in [5.41, 5.74) is 3.59. The van der Waals surface area contributed by atoms with Crippen LogP contribution in [0.2, 0.25) is 0 Å². The van der Waals surface area contributed by atoms with Crippen molar-refractivity contribution in [3.05, 3.63) is 66.7 Å². The highest BCUT2D eigenvalue weighted by Gasteiger charge is 2.11. The molecule has 7 heteroatoms. The molecule has 0 aliphatic rings. The van der Waals surface area contributed by atoms with Crippen LogP contribution >= 0.6 is 0 Å². The number of anilines is 1. The fourth-order valence-corrected chi connectivity index (χ4v) is 3.04. The van der Waals surface area contributed by atoms with Crippen LogP contribution in [-0.2, 0) is 6.42 Å². The van der Waals surface area contributed by atoms with E-state index in [1.807, 2.05) is 53.1 Å². The molecule has 0 atom stereocenters. The maximum absolute atomic E-state index is 5.42. The van der Waals surface area contributed by atoms with E-state index in [1.54, 1.807) is 26.6 Å². The normalized spacial score (nSPS) is 10.8. The minimum atomic E-state index is 0.662. The third kappa shape index (κ3) is 3.59. The lowest BCUT2D eigenvalue weighted by molar-refractivity contribution is 0.355. The van der Waals surface area contributed by atoms with Gasteiger partial charge in [0.05, 0.1) is 19.9 Å². The van der Waals surface area contributed by atoms with Gasteiger partial charge in [-0.1, -0.05) is 6.07 Å². The monoisotopic (exact) mass is 375 g/mol. The molecular formula is C21H21N5O2. The Morgan fingerprint density at radius 1 is 0.964 bits per heavy atom. The number of hydrogen-bond donors (Lipinski definition) is 1. The van der Waals surface area contributed by atoms with Crippen molar-refractivity contribution in [3.8, 4) is 22.8 Å². The van der Waals surface area contributed by atoms with E-state index in [0.717, 1.165) is 35.0 Å². The molecule has 0 spiro atoms. The Hall–Kier alpha value is -3.61. The van der Waals surface area contributed by atoms with Crippen molar-refractivity contribution < 1.29 is 9.47 Å². The molecule has 4 aromatic rings. The molecule has 0 fully saturated rings. The van der Waals surface area contributed by atoms with Crippen LogP contribution in [0.3, 0.4) is 0 Å². The van der Waals surface area contributed by atoms with E-state index in [0.29, 0.717) is 18.0 Å². The van der Waals surface area contributed by atoms with Crippen molar-refractivity contribution in [2.24, 2.45) is 0 Å². The molecule has 0 unspecified atom stereocenters. The first-order valence-electron chi connectivity index (χ1n) is 8.99. The molecule has 7 nitrogen and oxygen atoms in total. The van der Waals surface area contributed by atoms with E-state index >= 15 is 0 Å². The van der Waals surface area contributed by atoms with Crippen LogP contribution in [0.25, 0.3) is 16.9 Å². The average molecular weight is 375 g/mol. The smallest absolute Gasteiger partial charge is 0.209 e. The lowest BCUT2D eigenvalue weighted by Crippen LogP contribution is -2.11. The highest BCUT2D eigenvalue weighted by atomic mass is 16.5. The Morgan fingerprint density at radius 3 is 2.64 bits per heavy atom. The second-order valence-corrected chi connectivity index (χ2v) is 6.19. The number of fused-ring (bicyclic) bond motifs is 1. The summed E-state index contributed by atoms with van der Waals surface area (Å²) in [5.74, 6) is 2.08. The van der Waals surface area contributed by atoms with Crippen molar-refractivity contribution in [3.63, 3.8) is 0 Å². The van der Waals surface area contributed by atoms with Crippen LogP contribution in [0.4, 0.5) is 5.95 Å². The molecule has 28 heavy (non-hydrogen) atoms. The van der Waals surface area contributed by atoms with E-state index in [4.69, 9.17) is 14.5 Å². The van der Waals surface area contributed by atoms with Gasteiger partial charge in [0.1, 0.15) is 5.65 Å². The summed E-state index contributed by atoms with van der Waals surface area (Å²) in [7, 11) is 3.24. The van der Waals surface area contributed by atoms with Crippen LogP contribution in [0.1, 0.15) is 5.69 Å². The SMILES string of the molecule is COc1ccc(-c2cc3nccn3c(NCCc3ccccn3)n2)cc1OC. The molecule has 1 N–H and O–H groups in total. The zero-order chi connectivity index (χ0) is 19.3. The highest BCUT2D eigenvalue weighted by Crippen LogP contribution is 2.32. The van der Waals surface area contributed by atoms with Crippen LogP contribution in [0, 0.1) is 0 Å². The van der Waals surface area contributed by atoms with Gasteiger partial charge in [-0.15, -0.1) is 0 Å². The molecule has 0 saturated carbocycles. The fourth-order valence-electron chi connectivity index (χ4n) is 3.04. The van der Waals surface area contributed by atoms with Crippen LogP contribution in [-0.4, -0.2) is 40.1 Å². The maximum atomic E-state index is 5.42. The van der Waals surface area contributed by atoms with Crippen molar-refractivity contribution in [1.82, 2.24) is 19.4 Å². The molecule has 4 rings (SSSR count). The minimum Gasteiger partial charge on any atom is -0.493 e. The Balaban J connectivity index is 1.63. The molecule has 0 aliphatic carbocycles. The van der Waals surface area contributed by atoms with Crippen molar-refractivity contribution in [2.75, 3.05) is 26.1 Å². The summed E-state index contributed by atoms with van der Waals surface area (Å²) in [6.45, 7) is 0.715. The van der Waals surface area contributed by atoms with Gasteiger partial charge in [0.25, 0.3) is 0 Å². The first-order chi connectivity index (χ1) is 13.8. The zero-order valence-electron chi connectivity index (χ0n) is 15.8. The predicted octanol–water partition coefficient (Wildman–Crippen LogP) is 3.46. The lowest BCUT2D eigenvalue weighted by atomic mass is 10.1. The number of methoxy groups -OCH3 is 2. The van der Waals surface area contributed by atoms with Gasteiger partial charge in [-0.05, 0) is 30.3 Å². The number of imidazole rings is 1. The van der Waals surface area contributed by atoms with E-state index in [2.05, 4.69) is 15.3 Å². The van der Waals surface area contributed by atoms with Gasteiger partial charge >= 0.3 is 0 Å². The van der Waals surface area contributed by atoms with Crippen molar-refractivity contribution in [2.45, 2.75) is 6.42 Å². The minimum absolute atomic E-state index is 0.662. The number of ether oxygens (including phenoxy) is 2. The number of aromatic nitrogens is 4. The summed E-state index contributed by atoms with van der Waals surface area (Å²) >= 11 is 0. The summed E-state index contributed by atoms with van der Waals surface area (Å²) in [5, 5.41) is 3.40. The highest BCUT2D eigenvalue weighted by molar-refractivity contribution is 5.68. The molecule has 0 radical (unpaired) electrons. The molecule has 0 bridgehead atoms. The van der Waals surface area contributed by atoms with E-state index < -0.39 is 0 Å². The largest absolute Gasteiger partial charge is 0.493 e. The number of nitrogens with zero attached hydrogens (tertiary/aromatic N) is 4. The Kier molecular flexibility index (Phi) is 5.05. The summed E-state index contributed by atoms with van der Waals surface area (Å²) < 4.78 is 12.7. The molecular weight excluding hydrogens is 354 g/mol. The van der Waals surface area contributed by atoms with Crippen molar-refractivity contribution >= 4 is 11.6 Å². The van der Waals surface area contributed by atoms with Crippen LogP contribution in [0.15, 0.2) is 61.1 Å². The molecule has 0 saturated heterocycles. The van der Waals surface area contributed by atoms with Crippen LogP contribution < -0.4 is 14.8 Å². The summed E-state index contributed by atoms with van der Waals surface area (Å²) in [6, 6.07) is 13.6. The molecule has 3 aromatic heterocycles. The first kappa shape index (κ1) is 17.8. The predicted molar refractivity (Wildman–Crippen MR) is 108 cm³/mol. The number of rotatable bonds is 7. The zero-order valence-corrected chi connectivity index (χ0v) is 15.8. The molecule has 0 aliphatic heterocycles. The molecule has 1 aromatic carbocycles. The van der Waals surface area contributed by atoms with Gasteiger partial charge in [-0.3, -0.25) is 9.38 Å². The maximum Gasteiger partial charge on any atom is 0.209 e. The number of pyridine rings is 1. The van der Waals surface area contributed by atoms with E-state index in [9.17, 15) is 0 Å². The standard InChI is InChI=1S/C21H21N5O2/c1-27-18-7-6-15(13-19(18)28-2)17-14-20-23-11-12-26(20)21(25-17)24-10-8-16-5-3-4-9-22-16/h3-7,9,11-14H,8,10H2,1-2H3,(H,24,25). The number of benzene rings is 1. The number of hydrogen-bond acceptors (Lipinski definition) is 6. The van der Waals surface area contributed by atoms with Crippen molar-refractivity contribution in [1.29, 1.82) is 0 Å². The van der Waals surface area contributed by atoms with Gasteiger partial charge in [-0.25, -0.2) is 9.97 Å². The third-order valence-electron chi connectivity index (χ3n) is 4.46. The molecule has 142 valence electrons. The average Bonchev–Trinajstić information content (AvgIpc) is 3.23. The summed E-state index contributed by atoms with van der Waals surface area (Å²) in [4.78, 5) is 13.6. The summed E-state index contributed by atoms with van der Waals surface area (Å²) in [6.07, 6.45) is 6.27. The Labute approximate surface area is 163 Å². The van der Waals surface area contributed by atoms with Crippen LogP contribution in [0.5, 0.6) is 11.5 Å². The second kappa shape index (κ2) is 7.96. The van der Waals surface area contributed by atoms with Gasteiger partial charge in [-0.2, -0.15) is 0 Å². The van der Waals surface area contributed by atoms with Gasteiger partial charge in [0.2, 0.25) is 5.95 Å². The molecule has 3 heterocycles. The fraction of sp³-hybridized carbons (Fsp3) is 0.190. The van der Waals surface area contributed by atoms with Gasteiger partial charge in [0, 0.05) is 48.9 Å². The topological polar surface area (TPSA) is 73.6 Å². The quantitative estimate of drug-likeness (QED) is 0.533. The first-order valence-corrected chi connectivity index (χ1v) is 8.99. The second-order valence-electron chi connectivity index (χ2n) is 6.19. The van der Waals surface area contributed by atoms with Gasteiger partial charge in [0.15, 0.2) is 11.5 Å². The molecule has 0 amide bonds. The Morgan fingerprint density at radius 2 is 1.86 bits per heavy atom. The number of nitrogens with one attached hydrogen (secondary N) is 1. The van der Waals surface area contributed by atoms with Gasteiger partial charge < -0.3 is 14.8 Å². The van der Waals surface area contributed by atoms with E-state index in [-0.39, 0.29) is 0 Å². The Bertz CT molecular complexity index is 1080. The lowest BCUT2D eigenvalue weighted by Gasteiger charge is -2.12. The third-order valence-corrected chi connectivity index (χ3v) is 4.46.